The molecule has 1 aromatic heterocycles. The van der Waals surface area contributed by atoms with Crippen LogP contribution in [-0.2, 0) is 9.53 Å². The second-order valence-electron chi connectivity index (χ2n) is 5.22. The standard InChI is InChI=1S/C17H19N3O4/c1-22-13-3-5-14(6-4-13)24-16-7-2-12(10-19-16)20-17(21)15-11-18-8-9-23-15/h2-7,10,15,18H,8-9,11H2,1H3,(H,20,21). The smallest absolute Gasteiger partial charge is 0.254 e. The number of hydrogen-bond donors (Lipinski definition) is 2. The molecule has 0 bridgehead atoms. The largest absolute Gasteiger partial charge is 0.497 e. The molecule has 3 rings (SSSR count). The van der Waals surface area contributed by atoms with Gasteiger partial charge in [-0.3, -0.25) is 4.79 Å². The van der Waals surface area contributed by atoms with Crippen molar-refractivity contribution < 1.29 is 19.0 Å². The van der Waals surface area contributed by atoms with Gasteiger partial charge in [-0.05, 0) is 30.3 Å². The number of anilines is 1. The highest BCUT2D eigenvalue weighted by molar-refractivity contribution is 5.94. The fraction of sp³-hybridized carbons (Fsp3) is 0.294. The van der Waals surface area contributed by atoms with Crippen molar-refractivity contribution in [2.75, 3.05) is 32.1 Å². The number of nitrogens with one attached hydrogen (secondary N) is 2. The SMILES string of the molecule is COc1ccc(Oc2ccc(NC(=O)C3CNCCO3)cn2)cc1. The molecule has 0 saturated carbocycles. The van der Waals surface area contributed by atoms with Gasteiger partial charge in [0.1, 0.15) is 17.6 Å². The highest BCUT2D eigenvalue weighted by atomic mass is 16.5. The first-order chi connectivity index (χ1) is 11.7. The van der Waals surface area contributed by atoms with Gasteiger partial charge in [-0.15, -0.1) is 0 Å². The number of aromatic nitrogens is 1. The van der Waals surface area contributed by atoms with Crippen LogP contribution < -0.4 is 20.1 Å². The first-order valence-electron chi connectivity index (χ1n) is 7.66. The zero-order chi connectivity index (χ0) is 16.8. The number of ether oxygens (including phenoxy) is 3. The van der Waals surface area contributed by atoms with Crippen molar-refractivity contribution in [1.29, 1.82) is 0 Å². The van der Waals surface area contributed by atoms with E-state index in [0.29, 0.717) is 30.5 Å². The second kappa shape index (κ2) is 7.76. The summed E-state index contributed by atoms with van der Waals surface area (Å²) in [5.41, 5.74) is 0.594. The van der Waals surface area contributed by atoms with Crippen LogP contribution in [0.4, 0.5) is 5.69 Å². The van der Waals surface area contributed by atoms with Gasteiger partial charge in [0.2, 0.25) is 5.88 Å². The summed E-state index contributed by atoms with van der Waals surface area (Å²) in [6.07, 6.45) is 1.07. The van der Waals surface area contributed by atoms with Gasteiger partial charge in [-0.25, -0.2) is 4.98 Å². The Morgan fingerprint density at radius 2 is 2.04 bits per heavy atom. The molecule has 1 fully saturated rings. The molecule has 7 heteroatoms. The third-order valence-corrected chi connectivity index (χ3v) is 3.51. The number of benzene rings is 1. The van der Waals surface area contributed by atoms with Crippen LogP contribution in [0.25, 0.3) is 0 Å². The highest BCUT2D eigenvalue weighted by Gasteiger charge is 2.21. The third kappa shape index (κ3) is 4.21. The van der Waals surface area contributed by atoms with E-state index < -0.39 is 6.10 Å². The van der Waals surface area contributed by atoms with Gasteiger partial charge in [0.25, 0.3) is 5.91 Å². The maximum absolute atomic E-state index is 12.1. The second-order valence-corrected chi connectivity index (χ2v) is 5.22. The first-order valence-corrected chi connectivity index (χ1v) is 7.66. The van der Waals surface area contributed by atoms with Gasteiger partial charge < -0.3 is 24.8 Å². The summed E-state index contributed by atoms with van der Waals surface area (Å²) in [4.78, 5) is 16.2. The van der Waals surface area contributed by atoms with Gasteiger partial charge in [0, 0.05) is 19.2 Å². The summed E-state index contributed by atoms with van der Waals surface area (Å²) < 4.78 is 16.1. The van der Waals surface area contributed by atoms with Crippen LogP contribution in [0.5, 0.6) is 17.4 Å². The molecular weight excluding hydrogens is 310 g/mol. The number of morpholine rings is 1. The Morgan fingerprint density at radius 3 is 2.67 bits per heavy atom. The summed E-state index contributed by atoms with van der Waals surface area (Å²) >= 11 is 0. The minimum Gasteiger partial charge on any atom is -0.497 e. The minimum absolute atomic E-state index is 0.187. The molecule has 0 radical (unpaired) electrons. The van der Waals surface area contributed by atoms with Crippen molar-refractivity contribution in [2.45, 2.75) is 6.10 Å². The van der Waals surface area contributed by atoms with Crippen LogP contribution in [0.3, 0.4) is 0 Å². The number of carbonyl (C=O) groups excluding carboxylic acids is 1. The summed E-state index contributed by atoms with van der Waals surface area (Å²) in [6, 6.07) is 10.6. The molecule has 2 heterocycles. The molecule has 24 heavy (non-hydrogen) atoms. The lowest BCUT2D eigenvalue weighted by atomic mass is 10.3. The average Bonchev–Trinajstić information content (AvgIpc) is 2.65. The van der Waals surface area contributed by atoms with E-state index in [-0.39, 0.29) is 5.91 Å². The topological polar surface area (TPSA) is 81.7 Å². The minimum atomic E-state index is -0.478. The van der Waals surface area contributed by atoms with E-state index in [1.165, 1.54) is 0 Å². The lowest BCUT2D eigenvalue weighted by Crippen LogP contribution is -2.45. The molecule has 2 N–H and O–H groups in total. The van der Waals surface area contributed by atoms with Crippen LogP contribution >= 0.6 is 0 Å². The van der Waals surface area contributed by atoms with Crippen LogP contribution in [-0.4, -0.2) is 43.8 Å². The molecule has 1 amide bonds. The van der Waals surface area contributed by atoms with E-state index in [9.17, 15) is 4.79 Å². The molecule has 1 aromatic carbocycles. The van der Waals surface area contributed by atoms with E-state index in [4.69, 9.17) is 14.2 Å². The fourth-order valence-electron chi connectivity index (χ4n) is 2.24. The Bertz CT molecular complexity index is 667. The normalized spacial score (nSPS) is 17.1. The van der Waals surface area contributed by atoms with Gasteiger partial charge in [-0.1, -0.05) is 0 Å². The summed E-state index contributed by atoms with van der Waals surface area (Å²) in [5.74, 6) is 1.66. The average molecular weight is 329 g/mol. The lowest BCUT2D eigenvalue weighted by Gasteiger charge is -2.22. The summed E-state index contributed by atoms with van der Waals surface area (Å²) in [6.45, 7) is 1.81. The lowest BCUT2D eigenvalue weighted by molar-refractivity contribution is -0.128. The predicted octanol–water partition coefficient (Wildman–Crippen LogP) is 1.81. The van der Waals surface area contributed by atoms with E-state index >= 15 is 0 Å². The number of nitrogens with zero attached hydrogens (tertiary/aromatic N) is 1. The molecule has 1 unspecified atom stereocenters. The van der Waals surface area contributed by atoms with Crippen molar-refractivity contribution in [3.05, 3.63) is 42.6 Å². The fourth-order valence-corrected chi connectivity index (χ4v) is 2.24. The van der Waals surface area contributed by atoms with Crippen LogP contribution in [0.2, 0.25) is 0 Å². The molecule has 1 saturated heterocycles. The van der Waals surface area contributed by atoms with E-state index in [1.54, 1.807) is 37.6 Å². The monoisotopic (exact) mass is 329 g/mol. The Kier molecular flexibility index (Phi) is 5.25. The number of rotatable bonds is 5. The van der Waals surface area contributed by atoms with E-state index in [2.05, 4.69) is 15.6 Å². The van der Waals surface area contributed by atoms with Crippen molar-refractivity contribution in [2.24, 2.45) is 0 Å². The molecular formula is C17H19N3O4. The Morgan fingerprint density at radius 1 is 1.25 bits per heavy atom. The van der Waals surface area contributed by atoms with E-state index in [1.807, 2.05) is 12.1 Å². The Balaban J connectivity index is 1.57. The highest BCUT2D eigenvalue weighted by Crippen LogP contribution is 2.23. The molecule has 1 aliphatic heterocycles. The maximum atomic E-state index is 12.1. The number of amides is 1. The number of hydrogen-bond acceptors (Lipinski definition) is 6. The summed E-state index contributed by atoms with van der Waals surface area (Å²) in [5, 5.41) is 5.89. The number of carbonyl (C=O) groups is 1. The van der Waals surface area contributed by atoms with Crippen molar-refractivity contribution in [3.8, 4) is 17.4 Å². The molecule has 2 aromatic rings. The molecule has 7 nitrogen and oxygen atoms in total. The zero-order valence-electron chi connectivity index (χ0n) is 13.3. The number of pyridine rings is 1. The van der Waals surface area contributed by atoms with Crippen LogP contribution in [0, 0.1) is 0 Å². The van der Waals surface area contributed by atoms with Gasteiger partial charge >= 0.3 is 0 Å². The zero-order valence-corrected chi connectivity index (χ0v) is 13.3. The summed E-state index contributed by atoms with van der Waals surface area (Å²) in [7, 11) is 1.61. The van der Waals surface area contributed by atoms with Crippen LogP contribution in [0.1, 0.15) is 0 Å². The molecule has 1 aliphatic rings. The maximum Gasteiger partial charge on any atom is 0.254 e. The predicted molar refractivity (Wildman–Crippen MR) is 88.5 cm³/mol. The van der Waals surface area contributed by atoms with E-state index in [0.717, 1.165) is 12.3 Å². The molecule has 0 spiro atoms. The quantitative estimate of drug-likeness (QED) is 0.871. The van der Waals surface area contributed by atoms with Crippen molar-refractivity contribution >= 4 is 11.6 Å². The van der Waals surface area contributed by atoms with Gasteiger partial charge in [0.15, 0.2) is 0 Å². The van der Waals surface area contributed by atoms with Gasteiger partial charge in [0.05, 0.1) is 25.6 Å². The van der Waals surface area contributed by atoms with Crippen molar-refractivity contribution in [1.82, 2.24) is 10.3 Å². The Hall–Kier alpha value is -2.64. The third-order valence-electron chi connectivity index (χ3n) is 3.51. The molecule has 1 atom stereocenters. The van der Waals surface area contributed by atoms with Crippen molar-refractivity contribution in [3.63, 3.8) is 0 Å². The number of methoxy groups -OCH3 is 1. The van der Waals surface area contributed by atoms with Crippen LogP contribution in [0.15, 0.2) is 42.6 Å². The molecule has 126 valence electrons. The van der Waals surface area contributed by atoms with Gasteiger partial charge in [-0.2, -0.15) is 0 Å². The molecule has 0 aliphatic carbocycles. The Labute approximate surface area is 139 Å². The first kappa shape index (κ1) is 16.2.